The summed E-state index contributed by atoms with van der Waals surface area (Å²) in [6, 6.07) is 16.3. The Balaban J connectivity index is 2.56. The Morgan fingerprint density at radius 2 is 1.53 bits per heavy atom. The van der Waals surface area contributed by atoms with Crippen LogP contribution < -0.4 is 0 Å². The highest BCUT2D eigenvalue weighted by Gasteiger charge is 2.31. The second-order valence-corrected chi connectivity index (χ2v) is 4.10. The third-order valence-corrected chi connectivity index (χ3v) is 3.11. The Kier molecular flexibility index (Phi) is 3.16. The van der Waals surface area contributed by atoms with Gasteiger partial charge in [-0.15, -0.1) is 0 Å². The summed E-state index contributed by atoms with van der Waals surface area (Å²) in [5.74, 6) is 0.126. The van der Waals surface area contributed by atoms with Crippen LogP contribution in [0.25, 0.3) is 0 Å². The number of aliphatic hydroxyl groups is 1. The Morgan fingerprint density at radius 1 is 0.941 bits per heavy atom. The van der Waals surface area contributed by atoms with E-state index in [0.717, 1.165) is 5.56 Å². The number of aromatic hydroxyl groups is 1. The standard InChI is InChI=1S/C15H16O2/c1-2-15(17,12-8-4-3-5-9-12)13-10-6-7-11-14(13)16/h3-11,16-17H,2H2,1H3. The van der Waals surface area contributed by atoms with E-state index in [0.29, 0.717) is 12.0 Å². The van der Waals surface area contributed by atoms with E-state index in [-0.39, 0.29) is 5.75 Å². The van der Waals surface area contributed by atoms with Crippen LogP contribution in [0.15, 0.2) is 54.6 Å². The predicted molar refractivity (Wildman–Crippen MR) is 67.8 cm³/mol. The van der Waals surface area contributed by atoms with Crippen LogP contribution in [0.5, 0.6) is 5.75 Å². The van der Waals surface area contributed by atoms with E-state index in [9.17, 15) is 10.2 Å². The summed E-state index contributed by atoms with van der Waals surface area (Å²) in [7, 11) is 0. The van der Waals surface area contributed by atoms with Crippen molar-refractivity contribution < 1.29 is 10.2 Å². The quantitative estimate of drug-likeness (QED) is 0.847. The molecule has 0 fully saturated rings. The van der Waals surface area contributed by atoms with Crippen LogP contribution in [0.4, 0.5) is 0 Å². The molecule has 2 heteroatoms. The topological polar surface area (TPSA) is 40.5 Å². The molecule has 0 spiro atoms. The third-order valence-electron chi connectivity index (χ3n) is 3.11. The summed E-state index contributed by atoms with van der Waals surface area (Å²) in [5.41, 5.74) is 0.213. The van der Waals surface area contributed by atoms with Crippen molar-refractivity contribution in [2.45, 2.75) is 18.9 Å². The highest BCUT2D eigenvalue weighted by molar-refractivity contribution is 5.43. The fourth-order valence-electron chi connectivity index (χ4n) is 2.09. The van der Waals surface area contributed by atoms with Gasteiger partial charge in [-0.3, -0.25) is 0 Å². The van der Waals surface area contributed by atoms with E-state index in [2.05, 4.69) is 0 Å². The molecule has 0 bridgehead atoms. The molecule has 0 aliphatic heterocycles. The minimum absolute atomic E-state index is 0.126. The first kappa shape index (κ1) is 11.7. The molecule has 2 N–H and O–H groups in total. The predicted octanol–water partition coefficient (Wildman–Crippen LogP) is 3.04. The van der Waals surface area contributed by atoms with Crippen molar-refractivity contribution in [3.63, 3.8) is 0 Å². The molecular weight excluding hydrogens is 212 g/mol. The summed E-state index contributed by atoms with van der Waals surface area (Å²) in [6.45, 7) is 1.90. The van der Waals surface area contributed by atoms with Gasteiger partial charge in [-0.25, -0.2) is 0 Å². The summed E-state index contributed by atoms with van der Waals surface area (Å²) >= 11 is 0. The maximum atomic E-state index is 10.8. The molecular formula is C15H16O2. The Labute approximate surface area is 101 Å². The zero-order chi connectivity index (χ0) is 12.3. The monoisotopic (exact) mass is 228 g/mol. The van der Waals surface area contributed by atoms with Gasteiger partial charge in [0.05, 0.1) is 0 Å². The minimum Gasteiger partial charge on any atom is -0.508 e. The number of phenols is 1. The van der Waals surface area contributed by atoms with Gasteiger partial charge < -0.3 is 10.2 Å². The Bertz CT molecular complexity index is 493. The third kappa shape index (κ3) is 2.04. The average molecular weight is 228 g/mol. The molecule has 17 heavy (non-hydrogen) atoms. The number of benzene rings is 2. The fraction of sp³-hybridized carbons (Fsp3) is 0.200. The van der Waals surface area contributed by atoms with E-state index >= 15 is 0 Å². The van der Waals surface area contributed by atoms with Crippen molar-refractivity contribution in [1.82, 2.24) is 0 Å². The van der Waals surface area contributed by atoms with E-state index in [1.165, 1.54) is 0 Å². The summed E-state index contributed by atoms with van der Waals surface area (Å²) in [6.07, 6.45) is 0.509. The molecule has 2 aromatic rings. The second kappa shape index (κ2) is 4.60. The largest absolute Gasteiger partial charge is 0.508 e. The van der Waals surface area contributed by atoms with Crippen molar-refractivity contribution >= 4 is 0 Å². The van der Waals surface area contributed by atoms with E-state index < -0.39 is 5.60 Å². The van der Waals surface area contributed by atoms with Gasteiger partial charge in [-0.05, 0) is 18.1 Å². The zero-order valence-corrected chi connectivity index (χ0v) is 9.80. The lowest BCUT2D eigenvalue weighted by Crippen LogP contribution is -2.26. The maximum absolute atomic E-state index is 10.8. The highest BCUT2D eigenvalue weighted by Crippen LogP contribution is 2.37. The Hall–Kier alpha value is -1.80. The number of phenolic OH excluding ortho intramolecular Hbond substituents is 1. The highest BCUT2D eigenvalue weighted by atomic mass is 16.3. The fourth-order valence-corrected chi connectivity index (χ4v) is 2.09. The van der Waals surface area contributed by atoms with Gasteiger partial charge in [0.1, 0.15) is 11.4 Å². The summed E-state index contributed by atoms with van der Waals surface area (Å²) in [4.78, 5) is 0. The first-order valence-electron chi connectivity index (χ1n) is 5.75. The second-order valence-electron chi connectivity index (χ2n) is 4.10. The molecule has 2 nitrogen and oxygen atoms in total. The van der Waals surface area contributed by atoms with E-state index in [1.54, 1.807) is 18.2 Å². The van der Waals surface area contributed by atoms with Crippen LogP contribution in [-0.2, 0) is 5.60 Å². The van der Waals surface area contributed by atoms with Crippen molar-refractivity contribution in [2.24, 2.45) is 0 Å². The SMILES string of the molecule is CCC(O)(c1ccccc1)c1ccccc1O. The van der Waals surface area contributed by atoms with Gasteiger partial charge in [0.25, 0.3) is 0 Å². The van der Waals surface area contributed by atoms with Gasteiger partial charge in [0.15, 0.2) is 0 Å². The molecule has 2 aromatic carbocycles. The number of rotatable bonds is 3. The maximum Gasteiger partial charge on any atom is 0.122 e. The number of hydrogen-bond donors (Lipinski definition) is 2. The van der Waals surface area contributed by atoms with Crippen LogP contribution in [-0.4, -0.2) is 10.2 Å². The lowest BCUT2D eigenvalue weighted by Gasteiger charge is -2.28. The molecule has 0 radical (unpaired) electrons. The number of hydrogen-bond acceptors (Lipinski definition) is 2. The van der Waals surface area contributed by atoms with Gasteiger partial charge in [-0.1, -0.05) is 55.5 Å². The minimum atomic E-state index is -1.13. The number of para-hydroxylation sites is 1. The van der Waals surface area contributed by atoms with Crippen molar-refractivity contribution in [2.75, 3.05) is 0 Å². The molecule has 1 atom stereocenters. The molecule has 0 aliphatic rings. The summed E-state index contributed by atoms with van der Waals surface area (Å²) in [5, 5.41) is 20.7. The van der Waals surface area contributed by atoms with Crippen molar-refractivity contribution in [1.29, 1.82) is 0 Å². The van der Waals surface area contributed by atoms with Crippen molar-refractivity contribution in [3.05, 3.63) is 65.7 Å². The normalized spacial score (nSPS) is 14.2. The lowest BCUT2D eigenvalue weighted by molar-refractivity contribution is 0.0738. The molecule has 0 aromatic heterocycles. The lowest BCUT2D eigenvalue weighted by atomic mass is 9.84. The molecule has 2 rings (SSSR count). The molecule has 0 saturated heterocycles. The van der Waals surface area contributed by atoms with E-state index in [1.807, 2.05) is 43.3 Å². The van der Waals surface area contributed by atoms with Crippen LogP contribution in [0, 0.1) is 0 Å². The molecule has 0 aliphatic carbocycles. The van der Waals surface area contributed by atoms with Crippen LogP contribution in [0.3, 0.4) is 0 Å². The molecule has 88 valence electrons. The zero-order valence-electron chi connectivity index (χ0n) is 9.80. The summed E-state index contributed by atoms with van der Waals surface area (Å²) < 4.78 is 0. The van der Waals surface area contributed by atoms with E-state index in [4.69, 9.17) is 0 Å². The Morgan fingerprint density at radius 3 is 2.12 bits per heavy atom. The smallest absolute Gasteiger partial charge is 0.122 e. The van der Waals surface area contributed by atoms with Gasteiger partial charge >= 0.3 is 0 Å². The van der Waals surface area contributed by atoms with Crippen molar-refractivity contribution in [3.8, 4) is 5.75 Å². The molecule has 0 heterocycles. The first-order chi connectivity index (χ1) is 8.18. The van der Waals surface area contributed by atoms with Crippen LogP contribution in [0.1, 0.15) is 24.5 Å². The van der Waals surface area contributed by atoms with Gasteiger partial charge in [0.2, 0.25) is 0 Å². The first-order valence-corrected chi connectivity index (χ1v) is 5.75. The average Bonchev–Trinajstić information content (AvgIpc) is 2.39. The molecule has 0 saturated carbocycles. The van der Waals surface area contributed by atoms with Gasteiger partial charge in [0, 0.05) is 5.56 Å². The van der Waals surface area contributed by atoms with Gasteiger partial charge in [-0.2, -0.15) is 0 Å². The van der Waals surface area contributed by atoms with Crippen LogP contribution >= 0.6 is 0 Å². The molecule has 1 unspecified atom stereocenters. The molecule has 0 amide bonds. The van der Waals surface area contributed by atoms with Crippen LogP contribution in [0.2, 0.25) is 0 Å².